The van der Waals surface area contributed by atoms with Gasteiger partial charge in [-0.1, -0.05) is 48.5 Å². The van der Waals surface area contributed by atoms with Gasteiger partial charge in [-0.3, -0.25) is 9.59 Å². The van der Waals surface area contributed by atoms with Crippen molar-refractivity contribution in [2.75, 3.05) is 33.4 Å². The average Bonchev–Trinajstić information content (AvgIpc) is 3.42. The lowest BCUT2D eigenvalue weighted by molar-refractivity contribution is -0.132. The van der Waals surface area contributed by atoms with Crippen LogP contribution in [0.2, 0.25) is 0 Å². The van der Waals surface area contributed by atoms with E-state index in [2.05, 4.69) is 34.1 Å². The number of rotatable bonds is 13. The van der Waals surface area contributed by atoms with Crippen molar-refractivity contribution in [1.29, 1.82) is 0 Å². The first-order valence-electron chi connectivity index (χ1n) is 16.3. The number of amides is 2. The van der Waals surface area contributed by atoms with Crippen LogP contribution in [0.15, 0.2) is 72.8 Å². The van der Waals surface area contributed by atoms with Crippen LogP contribution in [0.3, 0.4) is 0 Å². The minimum absolute atomic E-state index is 0.0996. The van der Waals surface area contributed by atoms with Gasteiger partial charge in [0.05, 0.1) is 16.6 Å². The predicted octanol–water partition coefficient (Wildman–Crippen LogP) is 4.91. The summed E-state index contributed by atoms with van der Waals surface area (Å²) < 4.78 is 7.61. The summed E-state index contributed by atoms with van der Waals surface area (Å²) in [7, 11) is 1.73. The molecule has 3 aromatic carbocycles. The van der Waals surface area contributed by atoms with Crippen molar-refractivity contribution < 1.29 is 19.4 Å². The summed E-state index contributed by atoms with van der Waals surface area (Å²) in [5.41, 5.74) is 11.3. The number of hydrogen-bond acceptors (Lipinski definition) is 6. The molecule has 1 fully saturated rings. The summed E-state index contributed by atoms with van der Waals surface area (Å²) in [5.74, 6) is 1.13. The van der Waals surface area contributed by atoms with Gasteiger partial charge in [-0.2, -0.15) is 0 Å². The molecule has 1 aliphatic heterocycles. The van der Waals surface area contributed by atoms with Gasteiger partial charge in [0.15, 0.2) is 0 Å². The van der Waals surface area contributed by atoms with Gasteiger partial charge in [-0.25, -0.2) is 4.98 Å². The summed E-state index contributed by atoms with van der Waals surface area (Å²) in [6.07, 6.45) is 3.77. The maximum atomic E-state index is 13.4. The fourth-order valence-corrected chi connectivity index (χ4v) is 6.20. The first-order valence-corrected chi connectivity index (χ1v) is 16.3. The van der Waals surface area contributed by atoms with E-state index in [0.29, 0.717) is 31.6 Å². The number of hydrogen-bond donors (Lipinski definition) is 3. The number of benzene rings is 3. The molecule has 0 spiro atoms. The zero-order valence-electron chi connectivity index (χ0n) is 27.2. The van der Waals surface area contributed by atoms with Gasteiger partial charge in [-0.05, 0) is 80.5 Å². The highest BCUT2D eigenvalue weighted by Gasteiger charge is 2.29. The van der Waals surface area contributed by atoms with Crippen LogP contribution in [0.25, 0.3) is 22.2 Å². The predicted molar refractivity (Wildman–Crippen MR) is 182 cm³/mol. The number of nitrogens with zero attached hydrogens (tertiary/aromatic N) is 3. The fourth-order valence-electron chi connectivity index (χ4n) is 6.20. The maximum Gasteiger partial charge on any atom is 0.251 e. The van der Waals surface area contributed by atoms with Crippen LogP contribution < -0.4 is 11.1 Å². The van der Waals surface area contributed by atoms with Gasteiger partial charge < -0.3 is 30.4 Å². The lowest BCUT2D eigenvalue weighted by Crippen LogP contribution is -2.42. The molecule has 2 amide bonds. The van der Waals surface area contributed by atoms with Crippen molar-refractivity contribution in [3.8, 4) is 11.1 Å². The Morgan fingerprint density at radius 1 is 1.07 bits per heavy atom. The van der Waals surface area contributed by atoms with E-state index in [0.717, 1.165) is 65.9 Å². The van der Waals surface area contributed by atoms with Crippen LogP contribution in [-0.4, -0.2) is 76.4 Å². The average molecular weight is 626 g/mol. The molecule has 9 nitrogen and oxygen atoms in total. The Kier molecular flexibility index (Phi) is 10.9. The number of aromatic nitrogens is 2. The van der Waals surface area contributed by atoms with E-state index in [1.54, 1.807) is 33.1 Å². The third-order valence-electron chi connectivity index (χ3n) is 8.60. The Labute approximate surface area is 271 Å². The Morgan fingerprint density at radius 2 is 1.76 bits per heavy atom. The highest BCUT2D eigenvalue weighted by molar-refractivity contribution is 5.94. The molecule has 244 valence electrons. The molecule has 4 N–H and O–H groups in total. The normalized spacial score (nSPS) is 16.0. The van der Waals surface area contributed by atoms with E-state index in [1.807, 2.05) is 41.3 Å². The minimum Gasteiger partial charge on any atom is -0.389 e. The van der Waals surface area contributed by atoms with Gasteiger partial charge in [0.1, 0.15) is 5.82 Å². The lowest BCUT2D eigenvalue weighted by Gasteiger charge is -2.33. The van der Waals surface area contributed by atoms with Gasteiger partial charge >= 0.3 is 0 Å². The molecule has 9 heteroatoms. The molecular formula is C37H47N5O4. The van der Waals surface area contributed by atoms with Crippen LogP contribution in [0, 0.1) is 0 Å². The number of piperidine rings is 1. The zero-order valence-corrected chi connectivity index (χ0v) is 27.2. The number of likely N-dealkylation sites (tertiary alicyclic amines) is 1. The van der Waals surface area contributed by atoms with E-state index in [4.69, 9.17) is 15.5 Å². The lowest BCUT2D eigenvalue weighted by atomic mass is 9.95. The summed E-state index contributed by atoms with van der Waals surface area (Å²) in [5, 5.41) is 12.6. The van der Waals surface area contributed by atoms with Crippen LogP contribution in [-0.2, 0) is 22.5 Å². The van der Waals surface area contributed by atoms with E-state index >= 15 is 0 Å². The SMILES string of the molecule is COCCCn1c(C2CCCN(C(=O)CC(N)Cc3ccc(-c4ccc(C(=O)NCC(C)(C)O)cc4)cc3)C2)nc2ccccc21. The molecule has 0 aliphatic carbocycles. The molecule has 2 heterocycles. The molecule has 46 heavy (non-hydrogen) atoms. The van der Waals surface area contributed by atoms with Gasteiger partial charge in [0, 0.05) is 63.8 Å². The first kappa shape index (κ1) is 33.3. The monoisotopic (exact) mass is 625 g/mol. The molecule has 0 saturated carbocycles. The second-order valence-electron chi connectivity index (χ2n) is 13.1. The molecule has 0 bridgehead atoms. The van der Waals surface area contributed by atoms with Crippen LogP contribution in [0.1, 0.15) is 67.2 Å². The highest BCUT2D eigenvalue weighted by atomic mass is 16.5. The molecule has 1 saturated heterocycles. The number of aliphatic hydroxyl groups is 1. The number of nitrogens with two attached hydrogens (primary N) is 1. The third-order valence-corrected chi connectivity index (χ3v) is 8.60. The van der Waals surface area contributed by atoms with Crippen molar-refractivity contribution >= 4 is 22.8 Å². The van der Waals surface area contributed by atoms with Gasteiger partial charge in [0.2, 0.25) is 5.91 Å². The van der Waals surface area contributed by atoms with Crippen LogP contribution >= 0.6 is 0 Å². The number of para-hydroxylation sites is 2. The topological polar surface area (TPSA) is 123 Å². The Balaban J connectivity index is 1.15. The molecule has 5 rings (SSSR count). The number of methoxy groups -OCH3 is 1. The summed E-state index contributed by atoms with van der Waals surface area (Å²) in [6.45, 7) is 6.43. The standard InChI is InChI=1S/C37H47N5O4/c1-37(2,45)25-39-36(44)29-17-15-28(16-18-29)27-13-11-26(12-14-27)22-31(38)23-34(43)41-19-6-8-30(24-41)35-40-32-9-4-5-10-33(32)42(35)20-7-21-46-3/h4-5,9-18,30-31,45H,6-8,19-25,38H2,1-3H3,(H,39,44). The van der Waals surface area contributed by atoms with E-state index in [1.165, 1.54) is 0 Å². The Morgan fingerprint density at radius 3 is 2.46 bits per heavy atom. The number of nitrogens with one attached hydrogen (secondary N) is 1. The second-order valence-corrected chi connectivity index (χ2v) is 13.1. The number of ether oxygens (including phenoxy) is 1. The molecule has 2 unspecified atom stereocenters. The highest BCUT2D eigenvalue weighted by Crippen LogP contribution is 2.30. The van der Waals surface area contributed by atoms with Crippen molar-refractivity contribution in [1.82, 2.24) is 19.8 Å². The molecule has 2 atom stereocenters. The number of carbonyl (C=O) groups is 2. The number of aryl methyl sites for hydroxylation is 1. The Bertz CT molecular complexity index is 1610. The van der Waals surface area contributed by atoms with Crippen molar-refractivity contribution in [3.63, 3.8) is 0 Å². The first-order chi connectivity index (χ1) is 22.1. The summed E-state index contributed by atoms with van der Waals surface area (Å²) in [6, 6.07) is 23.6. The van der Waals surface area contributed by atoms with Crippen molar-refractivity contribution in [2.24, 2.45) is 5.73 Å². The van der Waals surface area contributed by atoms with Crippen LogP contribution in [0.4, 0.5) is 0 Å². The summed E-state index contributed by atoms with van der Waals surface area (Å²) >= 11 is 0. The number of fused-ring (bicyclic) bond motifs is 1. The minimum atomic E-state index is -0.963. The van der Waals surface area contributed by atoms with Gasteiger partial charge in [-0.15, -0.1) is 0 Å². The van der Waals surface area contributed by atoms with E-state index < -0.39 is 5.60 Å². The largest absolute Gasteiger partial charge is 0.389 e. The molecular weight excluding hydrogens is 578 g/mol. The van der Waals surface area contributed by atoms with Crippen LogP contribution in [0.5, 0.6) is 0 Å². The molecule has 0 radical (unpaired) electrons. The van der Waals surface area contributed by atoms with E-state index in [9.17, 15) is 14.7 Å². The quantitative estimate of drug-likeness (QED) is 0.182. The van der Waals surface area contributed by atoms with Crippen molar-refractivity contribution in [2.45, 2.75) is 70.1 Å². The summed E-state index contributed by atoms with van der Waals surface area (Å²) in [4.78, 5) is 32.8. The molecule has 4 aromatic rings. The third kappa shape index (κ3) is 8.60. The Hall–Kier alpha value is -4.05. The number of imidazole rings is 1. The zero-order chi connectivity index (χ0) is 32.7. The fraction of sp³-hybridized carbons (Fsp3) is 0.432. The molecule has 1 aliphatic rings. The second kappa shape index (κ2) is 15.0. The maximum absolute atomic E-state index is 13.4. The van der Waals surface area contributed by atoms with E-state index in [-0.39, 0.29) is 30.3 Å². The number of carbonyl (C=O) groups excluding carboxylic acids is 2. The van der Waals surface area contributed by atoms with Gasteiger partial charge in [0.25, 0.3) is 5.91 Å². The molecule has 1 aromatic heterocycles. The smallest absolute Gasteiger partial charge is 0.251 e. The van der Waals surface area contributed by atoms with Crippen molar-refractivity contribution in [3.05, 3.63) is 89.7 Å².